The molecule has 6 nitrogen and oxygen atoms in total. The van der Waals surface area contributed by atoms with E-state index in [1.54, 1.807) is 0 Å². The number of hydrogen-bond acceptors (Lipinski definition) is 6. The molecule has 7 aliphatic rings. The highest BCUT2D eigenvalue weighted by Gasteiger charge is 2.77. The number of allylic oxidation sites excluding steroid dienone is 2. The van der Waals surface area contributed by atoms with E-state index in [1.165, 1.54) is 5.57 Å². The fraction of sp³-hybridized carbons (Fsp3) is 0.919. The first-order valence-electron chi connectivity index (χ1n) is 17.8. The Hall–Kier alpha value is -0.790. The first-order valence-corrected chi connectivity index (χ1v) is 17.8. The van der Waals surface area contributed by atoms with E-state index in [4.69, 9.17) is 0 Å². The fourth-order valence-electron chi connectivity index (χ4n) is 14.8. The molecule has 7 rings (SSSR count). The topological polar surface area (TPSA) is 118 Å². The van der Waals surface area contributed by atoms with Crippen molar-refractivity contribution in [3.05, 3.63) is 11.6 Å². The van der Waals surface area contributed by atoms with Gasteiger partial charge < -0.3 is 25.5 Å². The van der Waals surface area contributed by atoms with Crippen LogP contribution in [-0.4, -0.2) is 62.8 Å². The molecule has 0 aromatic heterocycles. The van der Waals surface area contributed by atoms with Crippen molar-refractivity contribution in [2.24, 2.45) is 55.7 Å². The average molecular weight is 599 g/mol. The van der Waals surface area contributed by atoms with Crippen LogP contribution in [-0.2, 0) is 4.79 Å². The van der Waals surface area contributed by atoms with Crippen molar-refractivity contribution >= 4 is 5.78 Å². The Morgan fingerprint density at radius 3 is 2.21 bits per heavy atom. The van der Waals surface area contributed by atoms with Gasteiger partial charge >= 0.3 is 0 Å². The molecule has 0 heterocycles. The van der Waals surface area contributed by atoms with E-state index < -0.39 is 29.1 Å². The highest BCUT2D eigenvalue weighted by atomic mass is 16.3. The van der Waals surface area contributed by atoms with Crippen LogP contribution in [0.15, 0.2) is 11.6 Å². The minimum absolute atomic E-state index is 0.0149. The summed E-state index contributed by atoms with van der Waals surface area (Å²) in [5.74, 6) is -0.0500. The molecule has 6 saturated carbocycles. The minimum Gasteiger partial charge on any atom is -0.396 e. The third kappa shape index (κ3) is 3.52. The molecule has 2 bridgehead atoms. The Kier molecular flexibility index (Phi) is 6.90. The van der Waals surface area contributed by atoms with Crippen LogP contribution in [0.25, 0.3) is 0 Å². The van der Waals surface area contributed by atoms with E-state index >= 15 is 4.79 Å². The Balaban J connectivity index is 1.42. The third-order valence-electron chi connectivity index (χ3n) is 16.4. The second kappa shape index (κ2) is 9.62. The summed E-state index contributed by atoms with van der Waals surface area (Å²) >= 11 is 0. The van der Waals surface area contributed by atoms with Gasteiger partial charge in [-0.2, -0.15) is 0 Å². The highest BCUT2D eigenvalue weighted by Crippen LogP contribution is 2.80. The summed E-state index contributed by atoms with van der Waals surface area (Å²) in [6, 6.07) is 0. The molecule has 6 heteroatoms. The summed E-state index contributed by atoms with van der Waals surface area (Å²) in [5.41, 5.74) is -1.26. The zero-order valence-corrected chi connectivity index (χ0v) is 27.2. The van der Waals surface area contributed by atoms with Crippen molar-refractivity contribution in [1.82, 2.24) is 0 Å². The molecule has 242 valence electrons. The maximum Gasteiger partial charge on any atom is 0.159 e. The van der Waals surface area contributed by atoms with E-state index in [-0.39, 0.29) is 63.8 Å². The Labute approximate surface area is 258 Å². The Morgan fingerprint density at radius 1 is 0.860 bits per heavy atom. The zero-order chi connectivity index (χ0) is 30.8. The molecule has 2 spiro atoms. The predicted octanol–water partition coefficient (Wildman–Crippen LogP) is 5.33. The molecule has 7 aliphatic carbocycles. The van der Waals surface area contributed by atoms with Crippen LogP contribution in [0.5, 0.6) is 0 Å². The number of hydrogen-bond donors (Lipinski definition) is 5. The van der Waals surface area contributed by atoms with Crippen LogP contribution in [0.2, 0.25) is 0 Å². The summed E-state index contributed by atoms with van der Waals surface area (Å²) in [4.78, 5) is 15.0. The van der Waals surface area contributed by atoms with Gasteiger partial charge in [-0.05, 0) is 116 Å². The van der Waals surface area contributed by atoms with Crippen LogP contribution >= 0.6 is 0 Å². The van der Waals surface area contributed by atoms with Crippen molar-refractivity contribution in [3.8, 4) is 0 Å². The van der Waals surface area contributed by atoms with Gasteiger partial charge in [0.1, 0.15) is 0 Å². The van der Waals surface area contributed by atoms with Gasteiger partial charge in [-0.15, -0.1) is 0 Å². The van der Waals surface area contributed by atoms with Gasteiger partial charge in [-0.25, -0.2) is 0 Å². The lowest BCUT2D eigenvalue weighted by molar-refractivity contribution is -0.256. The van der Waals surface area contributed by atoms with Gasteiger partial charge in [0.15, 0.2) is 5.78 Å². The normalized spacial score (nSPS) is 52.3. The molecule has 0 saturated heterocycles. The van der Waals surface area contributed by atoms with Gasteiger partial charge in [0.25, 0.3) is 0 Å². The standard InChI is InChI=1S/C37H58O6/c1-31(2)18-24-23-17-25(40)30-35-13-7-8-14-36(30,16-9-26(35)33(4,29(43)20-38)27(41)10-15-35)32(23,3)19-28(42)37(24,22-39)34(21-31)11-5-6-12-34/h17,24,26-30,38-39,41-43H,5-16,18-22H2,1-4H3. The molecule has 5 N–H and O–H groups in total. The number of carbonyl (C=O) groups is 1. The quantitative estimate of drug-likeness (QED) is 0.300. The minimum atomic E-state index is -1.03. The lowest BCUT2D eigenvalue weighted by atomic mass is 9.30. The monoisotopic (exact) mass is 598 g/mol. The Morgan fingerprint density at radius 2 is 1.53 bits per heavy atom. The summed E-state index contributed by atoms with van der Waals surface area (Å²) < 4.78 is 0. The first-order chi connectivity index (χ1) is 20.2. The van der Waals surface area contributed by atoms with E-state index in [9.17, 15) is 25.5 Å². The molecule has 0 amide bonds. The molecule has 43 heavy (non-hydrogen) atoms. The molecular formula is C37H58O6. The maximum absolute atomic E-state index is 15.0. The van der Waals surface area contributed by atoms with Crippen LogP contribution in [0.4, 0.5) is 0 Å². The highest BCUT2D eigenvalue weighted by molar-refractivity contribution is 5.96. The van der Waals surface area contributed by atoms with Crippen molar-refractivity contribution < 1.29 is 30.3 Å². The predicted molar refractivity (Wildman–Crippen MR) is 165 cm³/mol. The number of aliphatic hydroxyl groups is 5. The molecular weight excluding hydrogens is 540 g/mol. The van der Waals surface area contributed by atoms with Crippen molar-refractivity contribution in [2.75, 3.05) is 13.2 Å². The molecule has 6 fully saturated rings. The zero-order valence-electron chi connectivity index (χ0n) is 27.2. The van der Waals surface area contributed by atoms with E-state index in [0.29, 0.717) is 12.8 Å². The van der Waals surface area contributed by atoms with E-state index in [0.717, 1.165) is 83.5 Å². The molecule has 0 aromatic rings. The molecule has 11 atom stereocenters. The van der Waals surface area contributed by atoms with Crippen LogP contribution < -0.4 is 0 Å². The second-order valence-corrected chi connectivity index (χ2v) is 18.1. The Bertz CT molecular complexity index is 1180. The summed E-state index contributed by atoms with van der Waals surface area (Å²) in [6.45, 7) is 8.67. The third-order valence-corrected chi connectivity index (χ3v) is 16.4. The van der Waals surface area contributed by atoms with Gasteiger partial charge in [0.2, 0.25) is 0 Å². The average Bonchev–Trinajstić information content (AvgIpc) is 3.37. The SMILES string of the molecule is CC1(C)CC2C3=CC(=O)C4C56CCCCC4(CCC5C(C)(C(O)CO)C(O)CC6)C3(C)CC(O)C2(CO)C2(CCCC2)C1. The van der Waals surface area contributed by atoms with E-state index in [2.05, 4.69) is 20.8 Å². The number of aliphatic hydroxyl groups excluding tert-OH is 5. The van der Waals surface area contributed by atoms with Gasteiger partial charge in [-0.1, -0.05) is 59.0 Å². The van der Waals surface area contributed by atoms with Crippen LogP contribution in [0.3, 0.4) is 0 Å². The first kappa shape index (κ1) is 30.8. The van der Waals surface area contributed by atoms with Gasteiger partial charge in [-0.3, -0.25) is 4.79 Å². The van der Waals surface area contributed by atoms with Crippen molar-refractivity contribution in [2.45, 2.75) is 142 Å². The van der Waals surface area contributed by atoms with E-state index in [1.807, 2.05) is 13.0 Å². The van der Waals surface area contributed by atoms with Crippen LogP contribution in [0, 0.1) is 55.7 Å². The lowest BCUT2D eigenvalue weighted by Gasteiger charge is -2.74. The number of rotatable bonds is 3. The van der Waals surface area contributed by atoms with Crippen molar-refractivity contribution in [1.29, 1.82) is 0 Å². The summed E-state index contributed by atoms with van der Waals surface area (Å²) in [6.07, 6.45) is 13.5. The smallest absolute Gasteiger partial charge is 0.159 e. The lowest BCUT2D eigenvalue weighted by Crippen LogP contribution is -2.72. The van der Waals surface area contributed by atoms with Gasteiger partial charge in [0.05, 0.1) is 31.5 Å². The second-order valence-electron chi connectivity index (χ2n) is 18.1. The molecule has 0 aromatic carbocycles. The van der Waals surface area contributed by atoms with Gasteiger partial charge in [0, 0.05) is 16.7 Å². The molecule has 0 aliphatic heterocycles. The largest absolute Gasteiger partial charge is 0.396 e. The maximum atomic E-state index is 15.0. The van der Waals surface area contributed by atoms with Crippen LogP contribution in [0.1, 0.15) is 124 Å². The number of fused-ring (bicyclic) bond motifs is 4. The number of carbonyl (C=O) groups excluding carboxylic acids is 1. The van der Waals surface area contributed by atoms with Crippen molar-refractivity contribution in [3.63, 3.8) is 0 Å². The summed E-state index contributed by atoms with van der Waals surface area (Å²) in [5, 5.41) is 56.7. The molecule has 0 radical (unpaired) electrons. The number of ketones is 1. The molecule has 11 unspecified atom stereocenters. The summed E-state index contributed by atoms with van der Waals surface area (Å²) in [7, 11) is 0. The fourth-order valence-corrected chi connectivity index (χ4v) is 14.8.